The van der Waals surface area contributed by atoms with Crippen molar-refractivity contribution in [1.29, 1.82) is 0 Å². The third kappa shape index (κ3) is 6.27. The summed E-state index contributed by atoms with van der Waals surface area (Å²) in [4.78, 5) is 19.0. The van der Waals surface area contributed by atoms with Crippen molar-refractivity contribution < 1.29 is 9.53 Å². The molecule has 2 aliphatic rings. The lowest BCUT2D eigenvalue weighted by Gasteiger charge is -2.36. The highest BCUT2D eigenvalue weighted by molar-refractivity contribution is 5.85. The van der Waals surface area contributed by atoms with E-state index in [4.69, 9.17) is 4.74 Å². The number of hydrogen-bond donors (Lipinski definition) is 2. The first-order valence-corrected chi connectivity index (χ1v) is 8.95. The van der Waals surface area contributed by atoms with Crippen LogP contribution in [0.5, 0.6) is 0 Å². The molecular weight excluding hydrogens is 375 g/mol. The lowest BCUT2D eigenvalue weighted by Crippen LogP contribution is -2.45. The van der Waals surface area contributed by atoms with Crippen molar-refractivity contribution in [2.75, 3.05) is 31.1 Å². The summed E-state index contributed by atoms with van der Waals surface area (Å²) < 4.78 is 5.76. The number of nitrogens with one attached hydrogen (secondary N) is 2. The SMILES string of the molecule is CC1CN(c2ccc(CNC(=O)C3CCCNC3)cn2)CC(C)O1.Cl.Cl. The number of anilines is 1. The normalized spacial score (nSPS) is 25.6. The van der Waals surface area contributed by atoms with E-state index in [2.05, 4.69) is 34.4 Å². The van der Waals surface area contributed by atoms with Crippen LogP contribution in [0.15, 0.2) is 18.3 Å². The minimum absolute atomic E-state index is 0. The van der Waals surface area contributed by atoms with E-state index in [9.17, 15) is 4.79 Å². The van der Waals surface area contributed by atoms with Gasteiger partial charge in [-0.3, -0.25) is 4.79 Å². The monoisotopic (exact) mass is 404 g/mol. The van der Waals surface area contributed by atoms with Gasteiger partial charge in [-0.2, -0.15) is 0 Å². The molecule has 1 aromatic heterocycles. The molecule has 6 nitrogen and oxygen atoms in total. The molecule has 3 heterocycles. The van der Waals surface area contributed by atoms with Gasteiger partial charge in [0.05, 0.1) is 18.1 Å². The number of carbonyl (C=O) groups is 1. The summed E-state index contributed by atoms with van der Waals surface area (Å²) >= 11 is 0. The third-order valence-corrected chi connectivity index (χ3v) is 4.69. The average molecular weight is 405 g/mol. The van der Waals surface area contributed by atoms with Gasteiger partial charge < -0.3 is 20.3 Å². The van der Waals surface area contributed by atoms with Gasteiger partial charge >= 0.3 is 0 Å². The number of carbonyl (C=O) groups excluding carboxylic acids is 1. The molecule has 0 aromatic carbocycles. The Morgan fingerprint density at radius 3 is 2.62 bits per heavy atom. The van der Waals surface area contributed by atoms with E-state index in [1.165, 1.54) is 0 Å². The van der Waals surface area contributed by atoms with Crippen LogP contribution in [0.2, 0.25) is 0 Å². The summed E-state index contributed by atoms with van der Waals surface area (Å²) in [6.45, 7) is 8.26. The van der Waals surface area contributed by atoms with Gasteiger partial charge in [-0.1, -0.05) is 6.07 Å². The van der Waals surface area contributed by atoms with Gasteiger partial charge in [0.25, 0.3) is 0 Å². The molecule has 2 N–H and O–H groups in total. The zero-order chi connectivity index (χ0) is 16.9. The number of morpholine rings is 1. The summed E-state index contributed by atoms with van der Waals surface area (Å²) in [5.41, 5.74) is 1.03. The molecule has 0 bridgehead atoms. The second-order valence-electron chi connectivity index (χ2n) is 6.95. The summed E-state index contributed by atoms with van der Waals surface area (Å²) in [7, 11) is 0. The van der Waals surface area contributed by atoms with Crippen LogP contribution in [0.1, 0.15) is 32.3 Å². The Bertz CT molecular complexity index is 543. The predicted octanol–water partition coefficient (Wildman–Crippen LogP) is 2.15. The molecule has 3 unspecified atom stereocenters. The molecule has 2 saturated heterocycles. The van der Waals surface area contributed by atoms with E-state index in [0.29, 0.717) is 6.54 Å². The molecular formula is C18H30Cl2N4O2. The van der Waals surface area contributed by atoms with E-state index >= 15 is 0 Å². The highest BCUT2D eigenvalue weighted by Gasteiger charge is 2.23. The van der Waals surface area contributed by atoms with Crippen LogP contribution in [0.4, 0.5) is 5.82 Å². The van der Waals surface area contributed by atoms with Crippen LogP contribution in [0.3, 0.4) is 0 Å². The number of amides is 1. The predicted molar refractivity (Wildman–Crippen MR) is 108 cm³/mol. The number of pyridine rings is 1. The Morgan fingerprint density at radius 2 is 2.04 bits per heavy atom. The zero-order valence-electron chi connectivity index (χ0n) is 15.4. The number of hydrogen-bond acceptors (Lipinski definition) is 5. The van der Waals surface area contributed by atoms with E-state index in [1.807, 2.05) is 18.3 Å². The Morgan fingerprint density at radius 1 is 1.31 bits per heavy atom. The average Bonchev–Trinajstić information content (AvgIpc) is 2.60. The van der Waals surface area contributed by atoms with Crippen molar-refractivity contribution in [3.8, 4) is 0 Å². The molecule has 3 atom stereocenters. The van der Waals surface area contributed by atoms with Gasteiger partial charge in [0.15, 0.2) is 0 Å². The van der Waals surface area contributed by atoms with E-state index < -0.39 is 0 Å². The largest absolute Gasteiger partial charge is 0.372 e. The summed E-state index contributed by atoms with van der Waals surface area (Å²) in [5.74, 6) is 1.22. The first-order chi connectivity index (χ1) is 11.6. The van der Waals surface area contributed by atoms with Crippen LogP contribution in [0, 0.1) is 5.92 Å². The Kier molecular flexibility index (Phi) is 9.64. The first-order valence-electron chi connectivity index (χ1n) is 8.95. The minimum Gasteiger partial charge on any atom is -0.372 e. The maximum atomic E-state index is 12.2. The molecule has 3 rings (SSSR count). The molecule has 2 aliphatic heterocycles. The highest BCUT2D eigenvalue weighted by atomic mass is 35.5. The second-order valence-corrected chi connectivity index (χ2v) is 6.95. The number of halogens is 2. The highest BCUT2D eigenvalue weighted by Crippen LogP contribution is 2.18. The quantitative estimate of drug-likeness (QED) is 0.804. The van der Waals surface area contributed by atoms with Gasteiger partial charge in [0, 0.05) is 32.4 Å². The molecule has 0 aliphatic carbocycles. The van der Waals surface area contributed by atoms with Crippen molar-refractivity contribution in [2.24, 2.45) is 5.92 Å². The number of aromatic nitrogens is 1. The van der Waals surface area contributed by atoms with E-state index in [0.717, 1.165) is 50.4 Å². The number of piperidine rings is 1. The van der Waals surface area contributed by atoms with Gasteiger partial charge in [0.1, 0.15) is 5.82 Å². The second kappa shape index (κ2) is 10.9. The fourth-order valence-corrected chi connectivity index (χ4v) is 3.48. The van der Waals surface area contributed by atoms with Crippen molar-refractivity contribution >= 4 is 36.5 Å². The third-order valence-electron chi connectivity index (χ3n) is 4.69. The standard InChI is InChI=1S/C18H28N4O2.2ClH/c1-13-11-22(12-14(2)24-13)17-6-5-15(8-20-17)9-21-18(23)16-4-3-7-19-10-16;;/h5-6,8,13-14,16,19H,3-4,7,9-12H2,1-2H3,(H,21,23);2*1H. The lowest BCUT2D eigenvalue weighted by atomic mass is 9.99. The molecule has 8 heteroatoms. The van der Waals surface area contributed by atoms with Crippen molar-refractivity contribution in [1.82, 2.24) is 15.6 Å². The van der Waals surface area contributed by atoms with Crippen molar-refractivity contribution in [3.05, 3.63) is 23.9 Å². The van der Waals surface area contributed by atoms with Crippen LogP contribution < -0.4 is 15.5 Å². The molecule has 1 amide bonds. The number of rotatable bonds is 4. The summed E-state index contributed by atoms with van der Waals surface area (Å²) in [6, 6.07) is 4.08. The zero-order valence-corrected chi connectivity index (χ0v) is 17.1. The van der Waals surface area contributed by atoms with Crippen molar-refractivity contribution in [2.45, 2.75) is 45.4 Å². The molecule has 2 fully saturated rings. The lowest BCUT2D eigenvalue weighted by molar-refractivity contribution is -0.125. The summed E-state index contributed by atoms with van der Waals surface area (Å²) in [5, 5.41) is 6.31. The Hall–Kier alpha value is -1.08. The molecule has 0 radical (unpaired) electrons. The van der Waals surface area contributed by atoms with Gasteiger partial charge in [-0.25, -0.2) is 4.98 Å². The minimum atomic E-state index is 0. The van der Waals surface area contributed by atoms with Gasteiger partial charge in [-0.15, -0.1) is 24.8 Å². The van der Waals surface area contributed by atoms with Crippen LogP contribution in [-0.2, 0) is 16.1 Å². The molecule has 148 valence electrons. The van der Waals surface area contributed by atoms with Gasteiger partial charge in [0.2, 0.25) is 5.91 Å². The number of ether oxygens (including phenoxy) is 1. The van der Waals surface area contributed by atoms with Crippen LogP contribution >= 0.6 is 24.8 Å². The molecule has 0 saturated carbocycles. The smallest absolute Gasteiger partial charge is 0.224 e. The maximum absolute atomic E-state index is 12.2. The Labute approximate surface area is 168 Å². The summed E-state index contributed by atoms with van der Waals surface area (Å²) in [6.07, 6.45) is 4.35. The van der Waals surface area contributed by atoms with Crippen molar-refractivity contribution in [3.63, 3.8) is 0 Å². The van der Waals surface area contributed by atoms with Crippen LogP contribution in [0.25, 0.3) is 0 Å². The maximum Gasteiger partial charge on any atom is 0.224 e. The van der Waals surface area contributed by atoms with Crippen LogP contribution in [-0.4, -0.2) is 49.3 Å². The Balaban J connectivity index is 0.00000169. The topological polar surface area (TPSA) is 66.5 Å². The first kappa shape index (κ1) is 23.0. The fraction of sp³-hybridized carbons (Fsp3) is 0.667. The molecule has 26 heavy (non-hydrogen) atoms. The molecule has 0 spiro atoms. The van der Waals surface area contributed by atoms with E-state index in [-0.39, 0.29) is 48.8 Å². The van der Waals surface area contributed by atoms with E-state index in [1.54, 1.807) is 0 Å². The molecule has 1 aromatic rings. The fourth-order valence-electron chi connectivity index (χ4n) is 3.48. The number of nitrogens with zero attached hydrogens (tertiary/aromatic N) is 2. The van der Waals surface area contributed by atoms with Gasteiger partial charge in [-0.05, 0) is 44.9 Å².